The van der Waals surface area contributed by atoms with Crippen molar-refractivity contribution >= 4 is 27.5 Å². The molecule has 1 amide bonds. The number of sulfonamides is 1. The summed E-state index contributed by atoms with van der Waals surface area (Å²) in [6.07, 6.45) is -3.48. The fourth-order valence-corrected chi connectivity index (χ4v) is 4.12. The van der Waals surface area contributed by atoms with E-state index in [1.54, 1.807) is 38.1 Å². The Morgan fingerprint density at radius 3 is 2.35 bits per heavy atom. The third-order valence-corrected chi connectivity index (χ3v) is 5.50. The molecule has 0 aliphatic carbocycles. The van der Waals surface area contributed by atoms with Gasteiger partial charge in [-0.3, -0.25) is 4.79 Å². The third-order valence-electron chi connectivity index (χ3n) is 3.69. The molecule has 0 aliphatic heterocycles. The molecule has 2 aromatic rings. The van der Waals surface area contributed by atoms with Crippen molar-refractivity contribution in [1.29, 1.82) is 0 Å². The molecule has 2 N–H and O–H groups in total. The van der Waals surface area contributed by atoms with Gasteiger partial charge in [0.05, 0.1) is 11.3 Å². The van der Waals surface area contributed by atoms with E-state index in [9.17, 15) is 26.4 Å². The van der Waals surface area contributed by atoms with Crippen molar-refractivity contribution < 1.29 is 31.1 Å². The van der Waals surface area contributed by atoms with Crippen LogP contribution in [-0.2, 0) is 22.3 Å². The number of nitrogens with zero attached hydrogens (tertiary/aromatic N) is 1. The Kier molecular flexibility index (Phi) is 8.27. The first-order chi connectivity index (χ1) is 14.3. The predicted octanol–water partition coefficient (Wildman–Crippen LogP) is 3.43. The van der Waals surface area contributed by atoms with Gasteiger partial charge in [0.2, 0.25) is 15.9 Å². The maximum absolute atomic E-state index is 12.2. The summed E-state index contributed by atoms with van der Waals surface area (Å²) >= 11 is 5.83. The molecule has 0 fully saturated rings. The standard InChI is InChI=1S/C19H21ClF3N3O4S/c1-12(2)26-31(28,29)10-14-5-3-13(4-6-14)8-24-17(27)15-7-16(20)18(25-9-15)30-11-19(21,22)23/h3-7,9,12,26H,8,10-11H2,1-2H3,(H,24,27). The summed E-state index contributed by atoms with van der Waals surface area (Å²) in [4.78, 5) is 15.9. The monoisotopic (exact) mass is 479 g/mol. The second-order valence-corrected chi connectivity index (χ2v) is 9.11. The molecule has 7 nitrogen and oxygen atoms in total. The number of halogens is 4. The van der Waals surface area contributed by atoms with Crippen molar-refractivity contribution in [3.8, 4) is 5.88 Å². The van der Waals surface area contributed by atoms with Crippen molar-refractivity contribution in [3.63, 3.8) is 0 Å². The van der Waals surface area contributed by atoms with Gasteiger partial charge in [-0.2, -0.15) is 13.2 Å². The minimum absolute atomic E-state index is 0.0480. The average Bonchev–Trinajstić information content (AvgIpc) is 2.64. The van der Waals surface area contributed by atoms with E-state index in [4.69, 9.17) is 11.6 Å². The van der Waals surface area contributed by atoms with Gasteiger partial charge >= 0.3 is 6.18 Å². The second-order valence-electron chi connectivity index (χ2n) is 6.95. The third kappa shape index (κ3) is 8.72. The fourth-order valence-electron chi connectivity index (χ4n) is 2.46. The first-order valence-electron chi connectivity index (χ1n) is 9.06. The molecule has 0 aliphatic rings. The van der Waals surface area contributed by atoms with E-state index in [2.05, 4.69) is 19.8 Å². The van der Waals surface area contributed by atoms with Crippen LogP contribution in [0.15, 0.2) is 36.5 Å². The lowest BCUT2D eigenvalue weighted by Crippen LogP contribution is -2.31. The van der Waals surface area contributed by atoms with Crippen LogP contribution in [0.1, 0.15) is 35.3 Å². The van der Waals surface area contributed by atoms with Crippen LogP contribution in [-0.4, -0.2) is 38.1 Å². The predicted molar refractivity (Wildman–Crippen MR) is 109 cm³/mol. The topological polar surface area (TPSA) is 97.4 Å². The van der Waals surface area contributed by atoms with Gasteiger partial charge in [-0.15, -0.1) is 0 Å². The highest BCUT2D eigenvalue weighted by Gasteiger charge is 2.29. The van der Waals surface area contributed by atoms with E-state index >= 15 is 0 Å². The highest BCUT2D eigenvalue weighted by atomic mass is 35.5. The quantitative estimate of drug-likeness (QED) is 0.574. The smallest absolute Gasteiger partial charge is 0.422 e. The molecule has 1 aromatic carbocycles. The Hall–Kier alpha value is -2.37. The van der Waals surface area contributed by atoms with Crippen LogP contribution in [0.5, 0.6) is 5.88 Å². The van der Waals surface area contributed by atoms with Crippen LogP contribution in [0.25, 0.3) is 0 Å². The fraction of sp³-hybridized carbons (Fsp3) is 0.368. The summed E-state index contributed by atoms with van der Waals surface area (Å²) < 4.78 is 67.5. The highest BCUT2D eigenvalue weighted by Crippen LogP contribution is 2.25. The van der Waals surface area contributed by atoms with Gasteiger partial charge in [0.15, 0.2) is 6.61 Å². The Balaban J connectivity index is 1.93. The summed E-state index contributed by atoms with van der Waals surface area (Å²) in [5, 5.41) is 2.40. The molecular formula is C19H21ClF3N3O4S. The Bertz CT molecular complexity index is 1010. The van der Waals surface area contributed by atoms with E-state index in [0.717, 1.165) is 17.8 Å². The van der Waals surface area contributed by atoms with Crippen LogP contribution >= 0.6 is 11.6 Å². The van der Waals surface area contributed by atoms with Crippen molar-refractivity contribution in [3.05, 3.63) is 58.2 Å². The number of carbonyl (C=O) groups is 1. The molecular weight excluding hydrogens is 459 g/mol. The average molecular weight is 480 g/mol. The molecule has 0 spiro atoms. The van der Waals surface area contributed by atoms with Gasteiger partial charge in [0, 0.05) is 18.8 Å². The molecule has 1 heterocycles. The van der Waals surface area contributed by atoms with Crippen LogP contribution in [0.3, 0.4) is 0 Å². The Morgan fingerprint density at radius 2 is 1.81 bits per heavy atom. The number of amides is 1. The van der Waals surface area contributed by atoms with E-state index < -0.39 is 34.6 Å². The van der Waals surface area contributed by atoms with Crippen molar-refractivity contribution in [2.75, 3.05) is 6.61 Å². The number of hydrogen-bond donors (Lipinski definition) is 2. The van der Waals surface area contributed by atoms with Crippen LogP contribution in [0.2, 0.25) is 5.02 Å². The number of rotatable bonds is 9. The zero-order valence-corrected chi connectivity index (χ0v) is 18.2. The number of ether oxygens (including phenoxy) is 1. The van der Waals surface area contributed by atoms with Gasteiger partial charge in [0.25, 0.3) is 5.91 Å². The SMILES string of the molecule is CC(C)NS(=O)(=O)Cc1ccc(CNC(=O)c2cnc(OCC(F)(F)F)c(Cl)c2)cc1. The maximum atomic E-state index is 12.2. The van der Waals surface area contributed by atoms with E-state index in [1.807, 2.05) is 0 Å². The maximum Gasteiger partial charge on any atom is 0.422 e. The lowest BCUT2D eigenvalue weighted by Gasteiger charge is -2.11. The molecule has 170 valence electrons. The van der Waals surface area contributed by atoms with Crippen LogP contribution < -0.4 is 14.8 Å². The van der Waals surface area contributed by atoms with Crippen LogP contribution in [0, 0.1) is 0 Å². The first kappa shape index (κ1) is 24.9. The number of alkyl halides is 3. The van der Waals surface area contributed by atoms with Gasteiger partial charge in [-0.25, -0.2) is 18.1 Å². The number of pyridine rings is 1. The summed E-state index contributed by atoms with van der Waals surface area (Å²) in [5.74, 6) is -1.12. The van der Waals surface area contributed by atoms with Crippen molar-refractivity contribution in [2.24, 2.45) is 0 Å². The van der Waals surface area contributed by atoms with E-state index in [-0.39, 0.29) is 28.9 Å². The summed E-state index contributed by atoms with van der Waals surface area (Å²) in [6.45, 7) is 2.06. The number of aromatic nitrogens is 1. The number of benzene rings is 1. The number of hydrogen-bond acceptors (Lipinski definition) is 5. The minimum Gasteiger partial charge on any atom is -0.467 e. The van der Waals surface area contributed by atoms with Crippen molar-refractivity contribution in [2.45, 2.75) is 38.4 Å². The van der Waals surface area contributed by atoms with Gasteiger partial charge in [-0.1, -0.05) is 35.9 Å². The summed E-state index contributed by atoms with van der Waals surface area (Å²) in [6, 6.07) is 7.61. The molecule has 0 unspecified atom stereocenters. The molecule has 1 aromatic heterocycles. The van der Waals surface area contributed by atoms with Gasteiger partial charge in [0.1, 0.15) is 5.02 Å². The molecule has 0 radical (unpaired) electrons. The van der Waals surface area contributed by atoms with Gasteiger partial charge in [-0.05, 0) is 31.0 Å². The minimum atomic E-state index is -4.54. The van der Waals surface area contributed by atoms with Crippen LogP contribution in [0.4, 0.5) is 13.2 Å². The van der Waals surface area contributed by atoms with E-state index in [0.29, 0.717) is 5.56 Å². The lowest BCUT2D eigenvalue weighted by atomic mass is 10.1. The molecule has 0 bridgehead atoms. The van der Waals surface area contributed by atoms with E-state index in [1.165, 1.54) is 0 Å². The Labute approximate surface area is 183 Å². The number of nitrogens with one attached hydrogen (secondary N) is 2. The Morgan fingerprint density at radius 1 is 1.19 bits per heavy atom. The largest absolute Gasteiger partial charge is 0.467 e. The summed E-state index contributed by atoms with van der Waals surface area (Å²) in [7, 11) is -3.44. The zero-order chi connectivity index (χ0) is 23.2. The molecule has 0 saturated heterocycles. The zero-order valence-electron chi connectivity index (χ0n) is 16.7. The molecule has 12 heteroatoms. The first-order valence-corrected chi connectivity index (χ1v) is 11.1. The normalized spacial score (nSPS) is 12.1. The molecule has 0 saturated carbocycles. The molecule has 31 heavy (non-hydrogen) atoms. The summed E-state index contributed by atoms with van der Waals surface area (Å²) in [5.41, 5.74) is 1.36. The number of carbonyl (C=O) groups excluding carboxylic acids is 1. The lowest BCUT2D eigenvalue weighted by molar-refractivity contribution is -0.154. The second kappa shape index (κ2) is 10.3. The molecule has 0 atom stereocenters. The van der Waals surface area contributed by atoms with Crippen molar-refractivity contribution in [1.82, 2.24) is 15.0 Å². The molecule has 2 rings (SSSR count). The highest BCUT2D eigenvalue weighted by molar-refractivity contribution is 7.88. The van der Waals surface area contributed by atoms with Gasteiger partial charge < -0.3 is 10.1 Å².